The molecule has 0 aromatic carbocycles. The van der Waals surface area contributed by atoms with Crippen molar-refractivity contribution in [2.24, 2.45) is 0 Å². The van der Waals surface area contributed by atoms with Crippen LogP contribution in [0.3, 0.4) is 0 Å². The molecule has 0 aliphatic carbocycles. The molecule has 0 heterocycles. The molecule has 8 nitrogen and oxygen atoms in total. The molecular formula is C27H45O8P. The van der Waals surface area contributed by atoms with Crippen molar-refractivity contribution in [2.75, 3.05) is 13.2 Å². The van der Waals surface area contributed by atoms with Gasteiger partial charge in [0.25, 0.3) is 0 Å². The van der Waals surface area contributed by atoms with E-state index in [4.69, 9.17) is 19.3 Å². The largest absolute Gasteiger partial charge is 0.469 e. The zero-order valence-electron chi connectivity index (χ0n) is 21.9. The van der Waals surface area contributed by atoms with Crippen molar-refractivity contribution in [1.29, 1.82) is 0 Å². The maximum absolute atomic E-state index is 12.1. The molecule has 0 fully saturated rings. The van der Waals surface area contributed by atoms with Gasteiger partial charge in [-0.1, -0.05) is 75.3 Å². The summed E-state index contributed by atoms with van der Waals surface area (Å²) in [6, 6.07) is 0. The summed E-state index contributed by atoms with van der Waals surface area (Å²) >= 11 is 0. The Labute approximate surface area is 216 Å². The van der Waals surface area contributed by atoms with E-state index in [1.807, 2.05) is 6.92 Å². The Morgan fingerprint density at radius 1 is 0.750 bits per heavy atom. The van der Waals surface area contributed by atoms with Gasteiger partial charge in [0, 0.05) is 12.8 Å². The van der Waals surface area contributed by atoms with Crippen molar-refractivity contribution >= 4 is 19.8 Å². The summed E-state index contributed by atoms with van der Waals surface area (Å²) in [7, 11) is -4.72. The van der Waals surface area contributed by atoms with E-state index < -0.39 is 32.5 Å². The van der Waals surface area contributed by atoms with Crippen LogP contribution in [0.2, 0.25) is 0 Å². The molecular weight excluding hydrogens is 483 g/mol. The van der Waals surface area contributed by atoms with Crippen LogP contribution in [0.5, 0.6) is 0 Å². The minimum atomic E-state index is -4.72. The normalized spacial score (nSPS) is 13.3. The van der Waals surface area contributed by atoms with Gasteiger partial charge in [0.05, 0.1) is 6.61 Å². The third kappa shape index (κ3) is 25.1. The van der Waals surface area contributed by atoms with Crippen LogP contribution in [-0.2, 0) is 28.2 Å². The maximum atomic E-state index is 12.1. The summed E-state index contributed by atoms with van der Waals surface area (Å²) in [6.45, 7) is 3.09. The highest BCUT2D eigenvalue weighted by Crippen LogP contribution is 2.35. The van der Waals surface area contributed by atoms with E-state index in [1.54, 1.807) is 0 Å². The first kappa shape index (κ1) is 34.0. The van der Waals surface area contributed by atoms with E-state index in [9.17, 15) is 14.2 Å². The number of unbranched alkanes of at least 4 members (excludes halogenated alkanes) is 4. The number of rotatable bonds is 22. The topological polar surface area (TPSA) is 119 Å². The third-order valence-corrected chi connectivity index (χ3v) is 5.32. The third-order valence-electron chi connectivity index (χ3n) is 4.83. The number of carbonyl (C=O) groups is 2. The fourth-order valence-electron chi connectivity index (χ4n) is 2.99. The SMILES string of the molecule is CC/C=C\C/C=C\C/C=C\C/C=C\CCCCCCC(=O)OC(COC(=O)CCC)COP(=O)(O)O. The van der Waals surface area contributed by atoms with E-state index in [0.29, 0.717) is 12.8 Å². The number of carbonyl (C=O) groups excluding carboxylic acids is 2. The molecule has 206 valence electrons. The van der Waals surface area contributed by atoms with Gasteiger partial charge in [0.2, 0.25) is 0 Å². The molecule has 1 atom stereocenters. The lowest BCUT2D eigenvalue weighted by atomic mass is 10.1. The van der Waals surface area contributed by atoms with Gasteiger partial charge < -0.3 is 19.3 Å². The van der Waals surface area contributed by atoms with Crippen LogP contribution in [0.15, 0.2) is 48.6 Å². The first-order valence-corrected chi connectivity index (χ1v) is 14.5. The molecule has 0 bridgehead atoms. The average Bonchev–Trinajstić information content (AvgIpc) is 2.82. The predicted octanol–water partition coefficient (Wildman–Crippen LogP) is 6.50. The fourth-order valence-corrected chi connectivity index (χ4v) is 3.35. The molecule has 0 amide bonds. The van der Waals surface area contributed by atoms with Gasteiger partial charge in [-0.15, -0.1) is 0 Å². The Kier molecular flexibility index (Phi) is 22.1. The van der Waals surface area contributed by atoms with Crippen LogP contribution < -0.4 is 0 Å². The highest BCUT2D eigenvalue weighted by molar-refractivity contribution is 7.46. The fraction of sp³-hybridized carbons (Fsp3) is 0.630. The number of phosphoric ester groups is 1. The van der Waals surface area contributed by atoms with Crippen molar-refractivity contribution in [3.8, 4) is 0 Å². The number of ether oxygens (including phenoxy) is 2. The molecule has 0 aromatic heterocycles. The van der Waals surface area contributed by atoms with Crippen molar-refractivity contribution in [1.82, 2.24) is 0 Å². The second-order valence-corrected chi connectivity index (χ2v) is 9.52. The van der Waals surface area contributed by atoms with E-state index in [-0.39, 0.29) is 19.4 Å². The molecule has 9 heteroatoms. The van der Waals surface area contributed by atoms with Crippen molar-refractivity contribution in [2.45, 2.75) is 97.0 Å². The van der Waals surface area contributed by atoms with Crippen LogP contribution in [0.1, 0.15) is 90.9 Å². The first-order chi connectivity index (χ1) is 17.3. The lowest BCUT2D eigenvalue weighted by molar-refractivity contribution is -0.161. The van der Waals surface area contributed by atoms with Gasteiger partial charge in [-0.25, -0.2) is 4.57 Å². The Bertz CT molecular complexity index is 736. The van der Waals surface area contributed by atoms with Gasteiger partial charge in [-0.3, -0.25) is 14.1 Å². The van der Waals surface area contributed by atoms with Gasteiger partial charge in [-0.05, 0) is 51.4 Å². The molecule has 36 heavy (non-hydrogen) atoms. The molecule has 0 aliphatic rings. The average molecular weight is 529 g/mol. The number of hydrogen-bond acceptors (Lipinski definition) is 6. The summed E-state index contributed by atoms with van der Waals surface area (Å²) in [5.41, 5.74) is 0. The number of esters is 2. The summed E-state index contributed by atoms with van der Waals surface area (Å²) < 4.78 is 25.5. The standard InChI is InChI=1S/C27H45O8P/c1-3-5-6-7-8-9-10-11-12-13-14-15-16-17-18-19-20-22-27(29)35-25(24-34-36(30,31)32)23-33-26(28)21-4-2/h5-6,8-9,11-12,14-15,25H,3-4,7,10,13,16-24H2,1-2H3,(H2,30,31,32)/b6-5-,9-8-,12-11-,15-14-. The Hall–Kier alpha value is -1.99. The molecule has 0 aliphatic heterocycles. The molecule has 0 saturated heterocycles. The monoisotopic (exact) mass is 528 g/mol. The van der Waals surface area contributed by atoms with Gasteiger partial charge in [-0.2, -0.15) is 0 Å². The Morgan fingerprint density at radius 3 is 1.92 bits per heavy atom. The summed E-state index contributed by atoms with van der Waals surface area (Å²) in [5.74, 6) is -0.984. The zero-order chi connectivity index (χ0) is 26.9. The van der Waals surface area contributed by atoms with E-state index in [1.165, 1.54) is 0 Å². The van der Waals surface area contributed by atoms with Crippen LogP contribution in [0.4, 0.5) is 0 Å². The Morgan fingerprint density at radius 2 is 1.33 bits per heavy atom. The highest BCUT2D eigenvalue weighted by atomic mass is 31.2. The molecule has 1 unspecified atom stereocenters. The lowest BCUT2D eigenvalue weighted by Crippen LogP contribution is -2.29. The van der Waals surface area contributed by atoms with Crippen LogP contribution >= 0.6 is 7.82 Å². The molecule has 2 N–H and O–H groups in total. The second-order valence-electron chi connectivity index (χ2n) is 8.29. The zero-order valence-corrected chi connectivity index (χ0v) is 22.8. The predicted molar refractivity (Wildman–Crippen MR) is 142 cm³/mol. The summed E-state index contributed by atoms with van der Waals surface area (Å²) in [4.78, 5) is 41.3. The number of hydrogen-bond donors (Lipinski definition) is 2. The van der Waals surface area contributed by atoms with Crippen LogP contribution in [0.25, 0.3) is 0 Å². The minimum Gasteiger partial charge on any atom is -0.462 e. The van der Waals surface area contributed by atoms with E-state index >= 15 is 0 Å². The van der Waals surface area contributed by atoms with Crippen LogP contribution in [0, 0.1) is 0 Å². The van der Waals surface area contributed by atoms with Crippen LogP contribution in [-0.4, -0.2) is 41.0 Å². The highest BCUT2D eigenvalue weighted by Gasteiger charge is 2.22. The number of phosphoric acid groups is 1. The van der Waals surface area contributed by atoms with Crippen molar-refractivity contribution < 1.29 is 37.9 Å². The lowest BCUT2D eigenvalue weighted by Gasteiger charge is -2.18. The molecule has 0 spiro atoms. The molecule has 0 radical (unpaired) electrons. The summed E-state index contributed by atoms with van der Waals surface area (Å²) in [5, 5.41) is 0. The minimum absolute atomic E-state index is 0.180. The quantitative estimate of drug-likeness (QED) is 0.0708. The van der Waals surface area contributed by atoms with Crippen molar-refractivity contribution in [3.63, 3.8) is 0 Å². The van der Waals surface area contributed by atoms with Gasteiger partial charge in [0.15, 0.2) is 6.10 Å². The second kappa shape index (κ2) is 23.4. The van der Waals surface area contributed by atoms with E-state index in [2.05, 4.69) is 60.1 Å². The van der Waals surface area contributed by atoms with Gasteiger partial charge in [0.1, 0.15) is 6.61 Å². The maximum Gasteiger partial charge on any atom is 0.469 e. The smallest absolute Gasteiger partial charge is 0.462 e. The van der Waals surface area contributed by atoms with E-state index in [0.717, 1.165) is 51.4 Å². The molecule has 0 saturated carbocycles. The first-order valence-electron chi connectivity index (χ1n) is 12.9. The Balaban J connectivity index is 3.96. The number of allylic oxidation sites excluding steroid dienone is 8. The molecule has 0 aromatic rings. The van der Waals surface area contributed by atoms with Crippen molar-refractivity contribution in [3.05, 3.63) is 48.6 Å². The van der Waals surface area contributed by atoms with Gasteiger partial charge >= 0.3 is 19.8 Å². The molecule has 0 rings (SSSR count). The summed E-state index contributed by atoms with van der Waals surface area (Å²) in [6.07, 6.45) is 25.8.